The van der Waals surface area contributed by atoms with Gasteiger partial charge < -0.3 is 10.6 Å². The van der Waals surface area contributed by atoms with Gasteiger partial charge in [0.2, 0.25) is 0 Å². The fourth-order valence-electron chi connectivity index (χ4n) is 2.56. The summed E-state index contributed by atoms with van der Waals surface area (Å²) in [7, 11) is 0. The zero-order valence-electron chi connectivity index (χ0n) is 11.3. The Hall–Kier alpha value is -1.32. The van der Waals surface area contributed by atoms with Gasteiger partial charge in [0, 0.05) is 18.2 Å². The van der Waals surface area contributed by atoms with Crippen LogP contribution in [0.15, 0.2) is 6.33 Å². The largest absolute Gasteiger partial charge is 0.383 e. The maximum Gasteiger partial charge on any atom is 0.137 e. The van der Waals surface area contributed by atoms with E-state index in [4.69, 9.17) is 5.73 Å². The Bertz CT molecular complexity index is 435. The van der Waals surface area contributed by atoms with E-state index in [1.807, 2.05) is 0 Å². The number of anilines is 2. The topological polar surface area (TPSA) is 55.0 Å². The molecule has 0 atom stereocenters. The molecule has 0 spiro atoms. The Morgan fingerprint density at radius 2 is 2.00 bits per heavy atom. The molecule has 2 aliphatic carbocycles. The summed E-state index contributed by atoms with van der Waals surface area (Å²) in [4.78, 5) is 11.2. The van der Waals surface area contributed by atoms with E-state index in [1.54, 1.807) is 6.33 Å². The van der Waals surface area contributed by atoms with Gasteiger partial charge in [-0.25, -0.2) is 9.97 Å². The molecule has 0 amide bonds. The molecule has 3 rings (SSSR count). The van der Waals surface area contributed by atoms with E-state index >= 15 is 0 Å². The molecule has 1 aromatic heterocycles. The van der Waals surface area contributed by atoms with Crippen LogP contribution in [0.25, 0.3) is 0 Å². The van der Waals surface area contributed by atoms with Gasteiger partial charge in [0.15, 0.2) is 0 Å². The molecule has 4 heteroatoms. The van der Waals surface area contributed by atoms with Crippen LogP contribution in [0.4, 0.5) is 11.6 Å². The summed E-state index contributed by atoms with van der Waals surface area (Å²) in [6.45, 7) is 5.49. The zero-order valence-corrected chi connectivity index (χ0v) is 11.3. The first kappa shape index (κ1) is 11.8. The van der Waals surface area contributed by atoms with Crippen LogP contribution in [-0.2, 0) is 0 Å². The lowest BCUT2D eigenvalue weighted by Gasteiger charge is -2.27. The number of nitrogen functional groups attached to an aromatic ring is 1. The Kier molecular flexibility index (Phi) is 2.88. The van der Waals surface area contributed by atoms with Crippen molar-refractivity contribution >= 4 is 11.6 Å². The average Bonchev–Trinajstić information content (AvgIpc) is 3.17. The van der Waals surface area contributed by atoms with Gasteiger partial charge in [-0.2, -0.15) is 0 Å². The molecule has 0 radical (unpaired) electrons. The first-order valence-corrected chi connectivity index (χ1v) is 7.03. The van der Waals surface area contributed by atoms with Crippen LogP contribution in [-0.4, -0.2) is 22.6 Å². The van der Waals surface area contributed by atoms with E-state index in [2.05, 4.69) is 28.7 Å². The number of aromatic nitrogens is 2. The molecule has 0 bridgehead atoms. The normalized spacial score (nSPS) is 19.3. The summed E-state index contributed by atoms with van der Waals surface area (Å²) in [6, 6.07) is 0.692. The summed E-state index contributed by atoms with van der Waals surface area (Å²) in [5, 5.41) is 0. The van der Waals surface area contributed by atoms with Crippen molar-refractivity contribution in [3.05, 3.63) is 11.9 Å². The second-order valence-electron chi connectivity index (χ2n) is 5.98. The molecule has 0 saturated heterocycles. The molecular weight excluding hydrogens is 224 g/mol. The van der Waals surface area contributed by atoms with E-state index in [9.17, 15) is 0 Å². The third kappa shape index (κ3) is 2.28. The first-order chi connectivity index (χ1) is 8.66. The molecule has 1 aromatic rings. The van der Waals surface area contributed by atoms with Crippen molar-refractivity contribution in [2.75, 3.05) is 17.2 Å². The maximum atomic E-state index is 6.05. The Labute approximate surface area is 109 Å². The quantitative estimate of drug-likeness (QED) is 0.867. The van der Waals surface area contributed by atoms with Crippen molar-refractivity contribution < 1.29 is 0 Å². The molecule has 4 nitrogen and oxygen atoms in total. The van der Waals surface area contributed by atoms with Crippen molar-refractivity contribution in [2.24, 2.45) is 5.92 Å². The highest BCUT2D eigenvalue weighted by Gasteiger charge is 2.36. The molecule has 0 aliphatic heterocycles. The van der Waals surface area contributed by atoms with Crippen molar-refractivity contribution in [1.29, 1.82) is 0 Å². The second kappa shape index (κ2) is 4.41. The lowest BCUT2D eigenvalue weighted by Crippen LogP contribution is -2.30. The molecular formula is C14H22N4. The van der Waals surface area contributed by atoms with Gasteiger partial charge >= 0.3 is 0 Å². The average molecular weight is 246 g/mol. The van der Waals surface area contributed by atoms with Crippen LogP contribution in [0.5, 0.6) is 0 Å². The predicted molar refractivity (Wildman–Crippen MR) is 73.6 cm³/mol. The Morgan fingerprint density at radius 1 is 1.28 bits per heavy atom. The fraction of sp³-hybridized carbons (Fsp3) is 0.714. The molecule has 2 aliphatic rings. The van der Waals surface area contributed by atoms with Gasteiger partial charge in [-0.1, -0.05) is 13.8 Å². The Morgan fingerprint density at radius 3 is 2.56 bits per heavy atom. The molecule has 98 valence electrons. The molecule has 2 N–H and O–H groups in total. The van der Waals surface area contributed by atoms with Crippen molar-refractivity contribution in [3.63, 3.8) is 0 Å². The van der Waals surface area contributed by atoms with Crippen LogP contribution >= 0.6 is 0 Å². The summed E-state index contributed by atoms with van der Waals surface area (Å²) >= 11 is 0. The number of nitrogens with zero attached hydrogens (tertiary/aromatic N) is 3. The van der Waals surface area contributed by atoms with Gasteiger partial charge in [-0.15, -0.1) is 0 Å². The maximum absolute atomic E-state index is 6.05. The molecule has 1 heterocycles. The smallest absolute Gasteiger partial charge is 0.137 e. The molecule has 2 fully saturated rings. The number of hydrogen-bond donors (Lipinski definition) is 1. The minimum atomic E-state index is 0.377. The SMILES string of the molecule is CC(C)c1c(N)ncnc1N(CC1CC1)C1CC1. The van der Waals surface area contributed by atoms with Gasteiger partial charge in [0.25, 0.3) is 0 Å². The van der Waals surface area contributed by atoms with Crippen molar-refractivity contribution in [2.45, 2.75) is 51.5 Å². The van der Waals surface area contributed by atoms with Crippen LogP contribution in [0.1, 0.15) is 51.0 Å². The first-order valence-electron chi connectivity index (χ1n) is 7.03. The lowest BCUT2D eigenvalue weighted by molar-refractivity contribution is 0.695. The molecule has 18 heavy (non-hydrogen) atoms. The number of rotatable bonds is 5. The fourth-order valence-corrected chi connectivity index (χ4v) is 2.56. The van der Waals surface area contributed by atoms with E-state index in [0.29, 0.717) is 17.8 Å². The third-order valence-electron chi connectivity index (χ3n) is 3.88. The summed E-state index contributed by atoms with van der Waals surface area (Å²) < 4.78 is 0. The molecule has 0 aromatic carbocycles. The number of nitrogens with two attached hydrogens (primary N) is 1. The standard InChI is InChI=1S/C14H22N4/c1-9(2)12-13(15)16-8-17-14(12)18(11-5-6-11)7-10-3-4-10/h8-11H,3-7H2,1-2H3,(H2,15,16,17). The van der Waals surface area contributed by atoms with E-state index in [-0.39, 0.29) is 0 Å². The van der Waals surface area contributed by atoms with Crippen molar-refractivity contribution in [3.8, 4) is 0 Å². The summed E-state index contributed by atoms with van der Waals surface area (Å²) in [5.41, 5.74) is 7.18. The predicted octanol–water partition coefficient (Wildman–Crippen LogP) is 2.56. The van der Waals surface area contributed by atoms with E-state index in [0.717, 1.165) is 23.8 Å². The van der Waals surface area contributed by atoms with Crippen molar-refractivity contribution in [1.82, 2.24) is 9.97 Å². The second-order valence-corrected chi connectivity index (χ2v) is 5.98. The van der Waals surface area contributed by atoms with Gasteiger partial charge in [0.05, 0.1) is 0 Å². The zero-order chi connectivity index (χ0) is 12.7. The van der Waals surface area contributed by atoms with Crippen LogP contribution < -0.4 is 10.6 Å². The van der Waals surface area contributed by atoms with Gasteiger partial charge in [-0.3, -0.25) is 0 Å². The van der Waals surface area contributed by atoms with E-state index in [1.165, 1.54) is 25.7 Å². The minimum absolute atomic E-state index is 0.377. The highest BCUT2D eigenvalue weighted by Crippen LogP contribution is 2.40. The lowest BCUT2D eigenvalue weighted by atomic mass is 10.0. The van der Waals surface area contributed by atoms with Crippen LogP contribution in [0.2, 0.25) is 0 Å². The minimum Gasteiger partial charge on any atom is -0.383 e. The van der Waals surface area contributed by atoms with Crippen LogP contribution in [0.3, 0.4) is 0 Å². The van der Waals surface area contributed by atoms with Gasteiger partial charge in [0.1, 0.15) is 18.0 Å². The molecule has 2 saturated carbocycles. The highest BCUT2D eigenvalue weighted by atomic mass is 15.2. The Balaban J connectivity index is 1.94. The monoisotopic (exact) mass is 246 g/mol. The third-order valence-corrected chi connectivity index (χ3v) is 3.88. The summed E-state index contributed by atoms with van der Waals surface area (Å²) in [5.74, 6) is 2.99. The van der Waals surface area contributed by atoms with Crippen LogP contribution in [0, 0.1) is 5.92 Å². The summed E-state index contributed by atoms with van der Waals surface area (Å²) in [6.07, 6.45) is 6.96. The highest BCUT2D eigenvalue weighted by molar-refractivity contribution is 5.59. The van der Waals surface area contributed by atoms with Gasteiger partial charge in [-0.05, 0) is 37.5 Å². The van der Waals surface area contributed by atoms with E-state index < -0.39 is 0 Å². The molecule has 0 unspecified atom stereocenters. The number of hydrogen-bond acceptors (Lipinski definition) is 4.